The lowest BCUT2D eigenvalue weighted by atomic mass is 10.2. The van der Waals surface area contributed by atoms with Crippen molar-refractivity contribution in [2.45, 2.75) is 6.92 Å². The summed E-state index contributed by atoms with van der Waals surface area (Å²) < 4.78 is 11.3. The van der Waals surface area contributed by atoms with E-state index < -0.39 is 0 Å². The summed E-state index contributed by atoms with van der Waals surface area (Å²) in [4.78, 5) is 17.0. The molecule has 0 spiro atoms. The van der Waals surface area contributed by atoms with E-state index in [0.29, 0.717) is 22.1 Å². The summed E-state index contributed by atoms with van der Waals surface area (Å²) in [6.45, 7) is 1.69. The molecule has 0 saturated carbocycles. The van der Waals surface area contributed by atoms with E-state index in [1.807, 2.05) is 25.1 Å². The van der Waals surface area contributed by atoms with Crippen LogP contribution in [0.15, 0.2) is 40.0 Å². The van der Waals surface area contributed by atoms with Crippen LogP contribution < -0.4 is 14.8 Å². The molecule has 2 aromatic rings. The fourth-order valence-electron chi connectivity index (χ4n) is 2.16. The zero-order valence-electron chi connectivity index (χ0n) is 14.5. The Morgan fingerprint density at radius 3 is 2.69 bits per heavy atom. The molecular formula is C18H18BrClN2O4. The molecule has 1 N–H and O–H groups in total. The number of hydrogen-bond donors (Lipinski definition) is 1. The maximum atomic E-state index is 11.9. The molecule has 0 saturated heterocycles. The second-order valence-electron chi connectivity index (χ2n) is 5.25. The summed E-state index contributed by atoms with van der Waals surface area (Å²) >= 11 is 9.50. The van der Waals surface area contributed by atoms with Gasteiger partial charge in [-0.05, 0) is 42.8 Å². The molecular weight excluding hydrogens is 424 g/mol. The standard InChI is InChI=1S/C18H18BrClN2O4/c1-11-6-13(19)4-5-15(11)22-17(23)10-26-21-9-12-7-14(20)18(25-3)16(8-12)24-2/h4-9H,10H2,1-3H3,(H,22,23)/b21-9+. The van der Waals surface area contributed by atoms with Gasteiger partial charge in [-0.3, -0.25) is 4.79 Å². The molecule has 0 unspecified atom stereocenters. The van der Waals surface area contributed by atoms with Crippen LogP contribution in [0.1, 0.15) is 11.1 Å². The Kier molecular flexibility index (Phi) is 7.29. The van der Waals surface area contributed by atoms with Crippen LogP contribution in [0.25, 0.3) is 0 Å². The van der Waals surface area contributed by atoms with Gasteiger partial charge in [-0.1, -0.05) is 32.7 Å². The fourth-order valence-corrected chi connectivity index (χ4v) is 2.93. The largest absolute Gasteiger partial charge is 0.493 e. The maximum Gasteiger partial charge on any atom is 0.265 e. The number of carbonyl (C=O) groups excluding carboxylic acids is 1. The van der Waals surface area contributed by atoms with Crippen molar-refractivity contribution in [3.05, 3.63) is 51.0 Å². The first-order chi connectivity index (χ1) is 12.4. The van der Waals surface area contributed by atoms with Gasteiger partial charge < -0.3 is 19.6 Å². The van der Waals surface area contributed by atoms with Crippen molar-refractivity contribution in [1.29, 1.82) is 0 Å². The van der Waals surface area contributed by atoms with Gasteiger partial charge in [0, 0.05) is 15.7 Å². The second kappa shape index (κ2) is 9.45. The third-order valence-corrected chi connectivity index (χ3v) is 4.16. The molecule has 1 amide bonds. The average Bonchev–Trinajstić information content (AvgIpc) is 2.60. The summed E-state index contributed by atoms with van der Waals surface area (Å²) in [6.07, 6.45) is 1.44. The van der Waals surface area contributed by atoms with Crippen LogP contribution in [-0.4, -0.2) is 32.9 Å². The number of anilines is 1. The molecule has 0 bridgehead atoms. The lowest BCUT2D eigenvalue weighted by Crippen LogP contribution is -2.17. The lowest BCUT2D eigenvalue weighted by molar-refractivity contribution is -0.120. The summed E-state index contributed by atoms with van der Waals surface area (Å²) in [5.41, 5.74) is 2.31. The summed E-state index contributed by atoms with van der Waals surface area (Å²) in [6, 6.07) is 8.92. The quantitative estimate of drug-likeness (QED) is 0.510. The van der Waals surface area contributed by atoms with E-state index in [1.54, 1.807) is 12.1 Å². The highest BCUT2D eigenvalue weighted by Gasteiger charge is 2.10. The van der Waals surface area contributed by atoms with Gasteiger partial charge in [0.25, 0.3) is 5.91 Å². The normalized spacial score (nSPS) is 10.7. The summed E-state index contributed by atoms with van der Waals surface area (Å²) in [5.74, 6) is 0.610. The summed E-state index contributed by atoms with van der Waals surface area (Å²) in [5, 5.41) is 6.93. The Labute approximate surface area is 165 Å². The zero-order valence-corrected chi connectivity index (χ0v) is 16.8. The Balaban J connectivity index is 1.92. The molecule has 0 heterocycles. The van der Waals surface area contributed by atoms with Crippen LogP contribution in [-0.2, 0) is 9.63 Å². The number of oxime groups is 1. The van der Waals surface area contributed by atoms with Gasteiger partial charge in [-0.15, -0.1) is 0 Å². The van der Waals surface area contributed by atoms with Gasteiger partial charge in [-0.2, -0.15) is 0 Å². The highest BCUT2D eigenvalue weighted by molar-refractivity contribution is 9.10. The van der Waals surface area contributed by atoms with E-state index in [-0.39, 0.29) is 12.5 Å². The number of benzene rings is 2. The number of halogens is 2. The van der Waals surface area contributed by atoms with Crippen molar-refractivity contribution in [1.82, 2.24) is 0 Å². The number of nitrogens with zero attached hydrogens (tertiary/aromatic N) is 1. The minimum absolute atomic E-state index is 0.215. The lowest BCUT2D eigenvalue weighted by Gasteiger charge is -2.10. The Morgan fingerprint density at radius 2 is 2.04 bits per heavy atom. The molecule has 0 atom stereocenters. The molecule has 0 aromatic heterocycles. The van der Waals surface area contributed by atoms with Gasteiger partial charge in [0.2, 0.25) is 0 Å². The van der Waals surface area contributed by atoms with Crippen LogP contribution in [0.5, 0.6) is 11.5 Å². The number of aryl methyl sites for hydroxylation is 1. The molecule has 0 aliphatic rings. The van der Waals surface area contributed by atoms with Crippen LogP contribution in [0.3, 0.4) is 0 Å². The minimum atomic E-state index is -0.307. The number of hydrogen-bond acceptors (Lipinski definition) is 5. The smallest absolute Gasteiger partial charge is 0.265 e. The third-order valence-electron chi connectivity index (χ3n) is 3.39. The van der Waals surface area contributed by atoms with Crippen LogP contribution >= 0.6 is 27.5 Å². The van der Waals surface area contributed by atoms with Gasteiger partial charge in [-0.25, -0.2) is 0 Å². The van der Waals surface area contributed by atoms with Crippen LogP contribution in [0.4, 0.5) is 5.69 Å². The van der Waals surface area contributed by atoms with Crippen molar-refractivity contribution in [3.63, 3.8) is 0 Å². The predicted molar refractivity (Wildman–Crippen MR) is 106 cm³/mol. The highest BCUT2D eigenvalue weighted by Crippen LogP contribution is 2.35. The number of ether oxygens (including phenoxy) is 2. The molecule has 2 rings (SSSR count). The molecule has 138 valence electrons. The monoisotopic (exact) mass is 440 g/mol. The van der Waals surface area contributed by atoms with Crippen molar-refractivity contribution in [2.24, 2.45) is 5.16 Å². The summed E-state index contributed by atoms with van der Waals surface area (Å²) in [7, 11) is 3.02. The van der Waals surface area contributed by atoms with Gasteiger partial charge in [0.1, 0.15) is 0 Å². The van der Waals surface area contributed by atoms with Gasteiger partial charge in [0.05, 0.1) is 25.5 Å². The zero-order chi connectivity index (χ0) is 19.1. The van der Waals surface area contributed by atoms with Crippen LogP contribution in [0, 0.1) is 6.92 Å². The molecule has 0 aliphatic carbocycles. The van der Waals surface area contributed by atoms with Gasteiger partial charge in [0.15, 0.2) is 18.1 Å². The van der Waals surface area contributed by atoms with Crippen molar-refractivity contribution < 1.29 is 19.1 Å². The molecule has 0 radical (unpaired) electrons. The van der Waals surface area contributed by atoms with E-state index in [0.717, 1.165) is 15.7 Å². The topological polar surface area (TPSA) is 69.2 Å². The number of methoxy groups -OCH3 is 2. The molecule has 0 fully saturated rings. The number of amides is 1. The molecule has 26 heavy (non-hydrogen) atoms. The third kappa shape index (κ3) is 5.37. The average molecular weight is 442 g/mol. The molecule has 0 aliphatic heterocycles. The van der Waals surface area contributed by atoms with E-state index in [4.69, 9.17) is 25.9 Å². The van der Waals surface area contributed by atoms with E-state index >= 15 is 0 Å². The molecule has 8 heteroatoms. The number of rotatable bonds is 7. The maximum absolute atomic E-state index is 11.9. The van der Waals surface area contributed by atoms with E-state index in [9.17, 15) is 4.79 Å². The van der Waals surface area contributed by atoms with Crippen molar-refractivity contribution >= 4 is 45.3 Å². The first kappa shape index (κ1) is 20.1. The van der Waals surface area contributed by atoms with E-state index in [1.165, 1.54) is 20.4 Å². The number of carbonyl (C=O) groups is 1. The Morgan fingerprint density at radius 1 is 1.27 bits per heavy atom. The predicted octanol–water partition coefficient (Wildman–Crippen LogP) is 4.42. The second-order valence-corrected chi connectivity index (χ2v) is 6.58. The Hall–Kier alpha value is -2.25. The van der Waals surface area contributed by atoms with Gasteiger partial charge >= 0.3 is 0 Å². The van der Waals surface area contributed by atoms with E-state index in [2.05, 4.69) is 26.4 Å². The molecule has 6 nitrogen and oxygen atoms in total. The SMILES string of the molecule is COc1cc(/C=N/OCC(=O)Nc2ccc(Br)cc2C)cc(Cl)c1OC. The van der Waals surface area contributed by atoms with Crippen LogP contribution in [0.2, 0.25) is 5.02 Å². The molecule has 2 aromatic carbocycles. The number of nitrogens with one attached hydrogen (secondary N) is 1. The minimum Gasteiger partial charge on any atom is -0.493 e. The highest BCUT2D eigenvalue weighted by atomic mass is 79.9. The van der Waals surface area contributed by atoms with Crippen molar-refractivity contribution in [3.8, 4) is 11.5 Å². The fraction of sp³-hybridized carbons (Fsp3) is 0.222. The Bertz CT molecular complexity index is 827. The first-order valence-electron chi connectivity index (χ1n) is 7.57. The van der Waals surface area contributed by atoms with Crippen molar-refractivity contribution in [2.75, 3.05) is 26.1 Å². The first-order valence-corrected chi connectivity index (χ1v) is 8.74.